The van der Waals surface area contributed by atoms with Gasteiger partial charge in [0.2, 0.25) is 0 Å². The fourth-order valence-electron chi connectivity index (χ4n) is 2.19. The number of nitrogens with one attached hydrogen (secondary N) is 1. The Bertz CT molecular complexity index is 736. The van der Waals surface area contributed by atoms with Gasteiger partial charge in [-0.1, -0.05) is 29.8 Å². The molecule has 0 aliphatic heterocycles. The second kappa shape index (κ2) is 5.71. The van der Waals surface area contributed by atoms with Crippen LogP contribution in [0.1, 0.15) is 11.1 Å². The monoisotopic (exact) mass is 280 g/mol. The van der Waals surface area contributed by atoms with Crippen LogP contribution < -0.4 is 5.32 Å². The zero-order chi connectivity index (χ0) is 14.7. The molecule has 2 N–H and O–H groups in total. The maximum absolute atomic E-state index is 9.85. The first-order chi connectivity index (χ1) is 10.2. The Hall–Kier alpha value is -2.75. The molecule has 0 radical (unpaired) electrons. The van der Waals surface area contributed by atoms with Crippen LogP contribution in [0.3, 0.4) is 0 Å². The molecule has 4 heteroatoms. The van der Waals surface area contributed by atoms with Crippen LogP contribution in [0.5, 0.6) is 5.75 Å². The van der Waals surface area contributed by atoms with Gasteiger partial charge in [0, 0.05) is 23.4 Å². The summed E-state index contributed by atoms with van der Waals surface area (Å²) in [5.41, 5.74) is 3.93. The minimum Gasteiger partial charge on any atom is -0.508 e. The zero-order valence-corrected chi connectivity index (χ0v) is 11.7. The molecule has 1 heterocycles. The van der Waals surface area contributed by atoms with Gasteiger partial charge in [-0.2, -0.15) is 0 Å². The van der Waals surface area contributed by atoms with Gasteiger partial charge in [0.15, 0.2) is 12.2 Å². The second-order valence-electron chi connectivity index (χ2n) is 4.93. The standard InChI is InChI=1S/C17H16N2O2/c1-12-5-6-16(20)14(7-12)9-19-15-4-2-3-13(8-15)17-10-18-11-21-17/h2-8,10-11,19-20H,9H2,1H3. The molecule has 1 aromatic heterocycles. The molecule has 0 saturated carbocycles. The van der Waals surface area contributed by atoms with Crippen LogP contribution in [0, 0.1) is 6.92 Å². The maximum Gasteiger partial charge on any atom is 0.181 e. The van der Waals surface area contributed by atoms with E-state index in [0.29, 0.717) is 12.3 Å². The Morgan fingerprint density at radius 3 is 2.90 bits per heavy atom. The van der Waals surface area contributed by atoms with Crippen molar-refractivity contribution in [1.29, 1.82) is 0 Å². The molecule has 0 amide bonds. The van der Waals surface area contributed by atoms with E-state index in [1.807, 2.05) is 43.3 Å². The van der Waals surface area contributed by atoms with Crippen molar-refractivity contribution in [2.24, 2.45) is 0 Å². The van der Waals surface area contributed by atoms with Gasteiger partial charge in [-0.15, -0.1) is 0 Å². The van der Waals surface area contributed by atoms with Gasteiger partial charge >= 0.3 is 0 Å². The lowest BCUT2D eigenvalue weighted by Gasteiger charge is -2.10. The molecule has 21 heavy (non-hydrogen) atoms. The molecule has 0 saturated heterocycles. The molecule has 0 unspecified atom stereocenters. The van der Waals surface area contributed by atoms with E-state index in [1.54, 1.807) is 12.3 Å². The molecule has 0 spiro atoms. The van der Waals surface area contributed by atoms with E-state index in [4.69, 9.17) is 4.42 Å². The Morgan fingerprint density at radius 2 is 2.10 bits per heavy atom. The lowest BCUT2D eigenvalue weighted by molar-refractivity contribution is 0.469. The topological polar surface area (TPSA) is 58.3 Å². The molecule has 106 valence electrons. The third-order valence-electron chi connectivity index (χ3n) is 3.30. The summed E-state index contributed by atoms with van der Waals surface area (Å²) in [4.78, 5) is 3.92. The highest BCUT2D eigenvalue weighted by molar-refractivity contribution is 5.63. The van der Waals surface area contributed by atoms with Crippen molar-refractivity contribution in [2.75, 3.05) is 5.32 Å². The van der Waals surface area contributed by atoms with E-state index in [9.17, 15) is 5.11 Å². The van der Waals surface area contributed by atoms with Gasteiger partial charge in [-0.25, -0.2) is 4.98 Å². The normalized spacial score (nSPS) is 10.5. The predicted octanol–water partition coefficient (Wildman–Crippen LogP) is 3.97. The molecule has 4 nitrogen and oxygen atoms in total. The Labute approximate surface area is 123 Å². The lowest BCUT2D eigenvalue weighted by atomic mass is 10.1. The van der Waals surface area contributed by atoms with E-state index in [2.05, 4.69) is 10.3 Å². The quantitative estimate of drug-likeness (QED) is 0.759. The number of aromatic nitrogens is 1. The van der Waals surface area contributed by atoms with Crippen molar-refractivity contribution >= 4 is 5.69 Å². The minimum absolute atomic E-state index is 0.305. The molecule has 0 aliphatic carbocycles. The summed E-state index contributed by atoms with van der Waals surface area (Å²) in [5, 5.41) is 13.2. The van der Waals surface area contributed by atoms with Gasteiger partial charge in [-0.3, -0.25) is 0 Å². The first-order valence-electron chi connectivity index (χ1n) is 6.74. The van der Waals surface area contributed by atoms with Gasteiger partial charge in [-0.05, 0) is 25.1 Å². The highest BCUT2D eigenvalue weighted by Crippen LogP contribution is 2.24. The number of benzene rings is 2. The third kappa shape index (κ3) is 3.05. The van der Waals surface area contributed by atoms with Crippen LogP contribution in [0.2, 0.25) is 0 Å². The maximum atomic E-state index is 9.85. The molecule has 0 fully saturated rings. The minimum atomic E-state index is 0.305. The number of phenols is 1. The molecular weight excluding hydrogens is 264 g/mol. The fourth-order valence-corrected chi connectivity index (χ4v) is 2.19. The first-order valence-corrected chi connectivity index (χ1v) is 6.74. The Morgan fingerprint density at radius 1 is 1.19 bits per heavy atom. The summed E-state index contributed by atoms with van der Waals surface area (Å²) in [7, 11) is 0. The van der Waals surface area contributed by atoms with Crippen LogP contribution in [-0.4, -0.2) is 10.1 Å². The van der Waals surface area contributed by atoms with Crippen molar-refractivity contribution in [3.63, 3.8) is 0 Å². The average molecular weight is 280 g/mol. The fraction of sp³-hybridized carbons (Fsp3) is 0.118. The summed E-state index contributed by atoms with van der Waals surface area (Å²) in [6.45, 7) is 2.57. The summed E-state index contributed by atoms with van der Waals surface area (Å²) in [6.07, 6.45) is 3.10. The van der Waals surface area contributed by atoms with Gasteiger partial charge in [0.25, 0.3) is 0 Å². The van der Waals surface area contributed by atoms with E-state index in [-0.39, 0.29) is 0 Å². The first kappa shape index (κ1) is 13.2. The number of aryl methyl sites for hydroxylation is 1. The van der Waals surface area contributed by atoms with Gasteiger partial charge in [0.1, 0.15) is 5.75 Å². The lowest BCUT2D eigenvalue weighted by Crippen LogP contribution is -2.00. The van der Waals surface area contributed by atoms with Crippen LogP contribution in [0.25, 0.3) is 11.3 Å². The predicted molar refractivity (Wildman–Crippen MR) is 82.1 cm³/mol. The number of hydrogen-bond donors (Lipinski definition) is 2. The number of oxazole rings is 1. The van der Waals surface area contributed by atoms with Gasteiger partial charge < -0.3 is 14.8 Å². The van der Waals surface area contributed by atoms with Gasteiger partial charge in [0.05, 0.1) is 6.20 Å². The highest BCUT2D eigenvalue weighted by Gasteiger charge is 2.04. The summed E-state index contributed by atoms with van der Waals surface area (Å²) in [5.74, 6) is 1.04. The molecule has 3 aromatic rings. The molecule has 0 aliphatic rings. The van der Waals surface area contributed by atoms with Crippen molar-refractivity contribution in [3.05, 3.63) is 66.2 Å². The SMILES string of the molecule is Cc1ccc(O)c(CNc2cccc(-c3cnco3)c2)c1. The van der Waals surface area contributed by atoms with Crippen LogP contribution >= 0.6 is 0 Å². The number of hydrogen-bond acceptors (Lipinski definition) is 4. The van der Waals surface area contributed by atoms with Crippen molar-refractivity contribution in [3.8, 4) is 17.1 Å². The number of rotatable bonds is 4. The number of phenolic OH excluding ortho intramolecular Hbond substituents is 1. The average Bonchev–Trinajstić information content (AvgIpc) is 3.03. The third-order valence-corrected chi connectivity index (χ3v) is 3.30. The smallest absolute Gasteiger partial charge is 0.181 e. The van der Waals surface area contributed by atoms with Crippen molar-refractivity contribution < 1.29 is 9.52 Å². The van der Waals surface area contributed by atoms with E-state index >= 15 is 0 Å². The van der Waals surface area contributed by atoms with E-state index < -0.39 is 0 Å². The summed E-state index contributed by atoms with van der Waals surface area (Å²) in [6, 6.07) is 13.5. The molecule has 0 bridgehead atoms. The zero-order valence-electron chi connectivity index (χ0n) is 11.7. The Balaban J connectivity index is 1.76. The molecular formula is C17H16N2O2. The Kier molecular flexibility index (Phi) is 3.60. The highest BCUT2D eigenvalue weighted by atomic mass is 16.3. The molecule has 2 aromatic carbocycles. The van der Waals surface area contributed by atoms with Crippen LogP contribution in [0.4, 0.5) is 5.69 Å². The van der Waals surface area contributed by atoms with E-state index in [0.717, 1.165) is 28.1 Å². The van der Waals surface area contributed by atoms with Crippen molar-refractivity contribution in [1.82, 2.24) is 4.98 Å². The second-order valence-corrected chi connectivity index (χ2v) is 4.93. The summed E-state index contributed by atoms with van der Waals surface area (Å²) >= 11 is 0. The largest absolute Gasteiger partial charge is 0.508 e. The number of nitrogens with zero attached hydrogens (tertiary/aromatic N) is 1. The van der Waals surface area contributed by atoms with E-state index in [1.165, 1.54) is 6.39 Å². The number of anilines is 1. The molecule has 0 atom stereocenters. The van der Waals surface area contributed by atoms with Crippen LogP contribution in [0.15, 0.2) is 59.5 Å². The van der Waals surface area contributed by atoms with Crippen LogP contribution in [-0.2, 0) is 6.54 Å². The molecule has 3 rings (SSSR count). The van der Waals surface area contributed by atoms with Crippen molar-refractivity contribution in [2.45, 2.75) is 13.5 Å². The summed E-state index contributed by atoms with van der Waals surface area (Å²) < 4.78 is 5.29. The number of aromatic hydroxyl groups is 1.